The number of fused-ring (bicyclic) bond motifs is 3. The lowest BCUT2D eigenvalue weighted by Gasteiger charge is -2.48. The third-order valence-electron chi connectivity index (χ3n) is 5.31. The monoisotopic (exact) mass is 260 g/mol. The molecule has 1 saturated carbocycles. The number of hydrogen-bond donors (Lipinski definition) is 2. The van der Waals surface area contributed by atoms with Crippen molar-refractivity contribution < 1.29 is 9.47 Å². The topological polar surface area (TPSA) is 70.5 Å². The second kappa shape index (κ2) is 3.87. The third kappa shape index (κ3) is 1.53. The molecule has 4 heteroatoms. The Morgan fingerprint density at radius 3 is 2.42 bits per heavy atom. The van der Waals surface area contributed by atoms with Crippen LogP contribution in [0, 0.1) is 11.8 Å². The van der Waals surface area contributed by atoms with Gasteiger partial charge in [-0.1, -0.05) is 6.92 Å². The molecule has 5 atom stereocenters. The summed E-state index contributed by atoms with van der Waals surface area (Å²) in [7, 11) is 0. The molecule has 102 valence electrons. The third-order valence-corrected chi connectivity index (χ3v) is 5.31. The summed E-state index contributed by atoms with van der Waals surface area (Å²) >= 11 is 0. The van der Waals surface area contributed by atoms with Crippen LogP contribution >= 0.6 is 0 Å². The maximum atomic E-state index is 6.36. The maximum absolute atomic E-state index is 6.36. The molecule has 1 aromatic carbocycles. The molecule has 0 radical (unpaired) electrons. The molecule has 1 aromatic rings. The number of rotatable bonds is 0. The van der Waals surface area contributed by atoms with Crippen LogP contribution < -0.4 is 20.9 Å². The van der Waals surface area contributed by atoms with Crippen LogP contribution in [0.25, 0.3) is 0 Å². The minimum atomic E-state index is -0.0951. The van der Waals surface area contributed by atoms with Gasteiger partial charge in [0, 0.05) is 12.1 Å². The van der Waals surface area contributed by atoms with Crippen LogP contribution in [0.4, 0.5) is 0 Å². The fraction of sp³-hybridized carbons (Fsp3) is 0.600. The molecule has 1 heterocycles. The SMILES string of the molecule is C[C@H]1C2CC(N)C(N)c3cc4c(cc3[C@H]1C2)OCO4. The lowest BCUT2D eigenvalue weighted by atomic mass is 9.58. The van der Waals surface area contributed by atoms with Gasteiger partial charge in [0.2, 0.25) is 6.79 Å². The fourth-order valence-electron chi connectivity index (χ4n) is 3.92. The van der Waals surface area contributed by atoms with Gasteiger partial charge in [-0.2, -0.15) is 0 Å². The van der Waals surface area contributed by atoms with Gasteiger partial charge < -0.3 is 20.9 Å². The molecule has 1 fully saturated rings. The Hall–Kier alpha value is -1.26. The van der Waals surface area contributed by atoms with Gasteiger partial charge in [0.1, 0.15) is 0 Å². The average molecular weight is 260 g/mol. The first kappa shape index (κ1) is 11.6. The van der Waals surface area contributed by atoms with Crippen LogP contribution in [0.5, 0.6) is 11.5 Å². The standard InChI is InChI=1S/C15H20N2O2/c1-7-8-2-9(7)10-4-13-14(19-6-18-13)5-11(10)15(17)12(16)3-8/h4-5,7-9,12,15H,2-3,6,16-17H2,1H3/t7-,8?,9-,12?,15?/m0/s1. The van der Waals surface area contributed by atoms with E-state index in [1.165, 1.54) is 12.0 Å². The van der Waals surface area contributed by atoms with Crippen LogP contribution in [0.1, 0.15) is 42.9 Å². The lowest BCUT2D eigenvalue weighted by Crippen LogP contribution is -2.45. The van der Waals surface area contributed by atoms with E-state index in [0.29, 0.717) is 18.6 Å². The smallest absolute Gasteiger partial charge is 0.231 e. The van der Waals surface area contributed by atoms with Gasteiger partial charge in [-0.05, 0) is 53.9 Å². The Kier molecular flexibility index (Phi) is 2.35. The lowest BCUT2D eigenvalue weighted by molar-refractivity contribution is 0.118. The van der Waals surface area contributed by atoms with E-state index in [4.69, 9.17) is 20.9 Å². The summed E-state index contributed by atoms with van der Waals surface area (Å²) in [5.74, 6) is 3.69. The molecule has 4 N–H and O–H groups in total. The van der Waals surface area contributed by atoms with E-state index in [9.17, 15) is 0 Å². The molecule has 0 spiro atoms. The minimum Gasteiger partial charge on any atom is -0.454 e. The fourth-order valence-corrected chi connectivity index (χ4v) is 3.92. The molecule has 0 amide bonds. The highest BCUT2D eigenvalue weighted by Crippen LogP contribution is 2.54. The summed E-state index contributed by atoms with van der Waals surface area (Å²) < 4.78 is 11.0. The first-order valence-corrected chi connectivity index (χ1v) is 7.09. The molecule has 19 heavy (non-hydrogen) atoms. The number of benzene rings is 1. The molecule has 4 aliphatic rings. The van der Waals surface area contributed by atoms with Crippen LogP contribution in [-0.4, -0.2) is 12.8 Å². The molecule has 4 nitrogen and oxygen atoms in total. The van der Waals surface area contributed by atoms with Crippen molar-refractivity contribution in [2.24, 2.45) is 23.3 Å². The summed E-state index contributed by atoms with van der Waals surface area (Å²) in [6, 6.07) is 4.12. The highest BCUT2D eigenvalue weighted by molar-refractivity contribution is 5.52. The van der Waals surface area contributed by atoms with Gasteiger partial charge in [0.05, 0.1) is 0 Å². The highest BCUT2D eigenvalue weighted by Gasteiger charge is 2.44. The Morgan fingerprint density at radius 2 is 1.74 bits per heavy atom. The number of hydrogen-bond acceptors (Lipinski definition) is 4. The zero-order valence-corrected chi connectivity index (χ0v) is 11.1. The van der Waals surface area contributed by atoms with Crippen molar-refractivity contribution in [3.05, 3.63) is 23.3 Å². The van der Waals surface area contributed by atoms with Crippen LogP contribution in [-0.2, 0) is 0 Å². The molecule has 3 aliphatic carbocycles. The van der Waals surface area contributed by atoms with Crippen LogP contribution in [0.2, 0.25) is 0 Å². The van der Waals surface area contributed by atoms with Crippen molar-refractivity contribution in [1.29, 1.82) is 0 Å². The summed E-state index contributed by atoms with van der Waals surface area (Å²) in [4.78, 5) is 0. The van der Waals surface area contributed by atoms with E-state index < -0.39 is 0 Å². The zero-order valence-electron chi connectivity index (χ0n) is 11.1. The van der Waals surface area contributed by atoms with E-state index >= 15 is 0 Å². The van der Waals surface area contributed by atoms with Crippen molar-refractivity contribution in [3.63, 3.8) is 0 Å². The van der Waals surface area contributed by atoms with Gasteiger partial charge in [-0.3, -0.25) is 0 Å². The van der Waals surface area contributed by atoms with Gasteiger partial charge in [-0.15, -0.1) is 0 Å². The Bertz CT molecular complexity index is 502. The van der Waals surface area contributed by atoms with Crippen molar-refractivity contribution in [1.82, 2.24) is 0 Å². The quantitative estimate of drug-likeness (QED) is 0.747. The van der Waals surface area contributed by atoms with E-state index in [1.54, 1.807) is 0 Å². The summed E-state index contributed by atoms with van der Waals surface area (Å²) in [6.45, 7) is 2.64. The Balaban J connectivity index is 1.86. The minimum absolute atomic E-state index is 0.0350. The van der Waals surface area contributed by atoms with E-state index in [-0.39, 0.29) is 12.1 Å². The van der Waals surface area contributed by atoms with Gasteiger partial charge >= 0.3 is 0 Å². The normalized spacial score (nSPS) is 39.0. The van der Waals surface area contributed by atoms with Crippen molar-refractivity contribution in [3.8, 4) is 11.5 Å². The van der Waals surface area contributed by atoms with Gasteiger partial charge in [-0.25, -0.2) is 0 Å². The predicted molar refractivity (Wildman–Crippen MR) is 72.1 cm³/mol. The maximum Gasteiger partial charge on any atom is 0.231 e. The highest BCUT2D eigenvalue weighted by atomic mass is 16.7. The van der Waals surface area contributed by atoms with E-state index in [1.807, 2.05) is 6.07 Å². The van der Waals surface area contributed by atoms with E-state index in [2.05, 4.69) is 13.0 Å². The second-order valence-electron chi connectivity index (χ2n) is 6.22. The molecule has 3 unspecified atom stereocenters. The largest absolute Gasteiger partial charge is 0.454 e. The van der Waals surface area contributed by atoms with Crippen molar-refractivity contribution in [2.75, 3.05) is 6.79 Å². The molecule has 0 saturated heterocycles. The Morgan fingerprint density at radius 1 is 1.05 bits per heavy atom. The van der Waals surface area contributed by atoms with Gasteiger partial charge in [0.15, 0.2) is 11.5 Å². The summed E-state index contributed by atoms with van der Waals surface area (Å²) in [5.41, 5.74) is 15.1. The van der Waals surface area contributed by atoms with Crippen molar-refractivity contribution in [2.45, 2.75) is 37.8 Å². The molecular weight excluding hydrogens is 240 g/mol. The first-order chi connectivity index (χ1) is 9.15. The average Bonchev–Trinajstić information content (AvgIpc) is 2.86. The van der Waals surface area contributed by atoms with E-state index in [0.717, 1.165) is 29.4 Å². The first-order valence-electron chi connectivity index (χ1n) is 7.09. The molecule has 2 bridgehead atoms. The number of nitrogens with two attached hydrogens (primary N) is 2. The molecule has 5 rings (SSSR count). The van der Waals surface area contributed by atoms with Crippen molar-refractivity contribution >= 4 is 0 Å². The predicted octanol–water partition coefficient (Wildman–Crippen LogP) is 1.89. The molecule has 1 aliphatic heterocycles. The molecule has 0 aromatic heterocycles. The Labute approximate surface area is 113 Å². The second-order valence-corrected chi connectivity index (χ2v) is 6.22. The zero-order chi connectivity index (χ0) is 13.1. The summed E-state index contributed by atoms with van der Waals surface area (Å²) in [5, 5.41) is 0. The summed E-state index contributed by atoms with van der Waals surface area (Å²) in [6.07, 6.45) is 2.26. The molecular formula is C15H20N2O2. The van der Waals surface area contributed by atoms with Crippen LogP contribution in [0.3, 0.4) is 0 Å². The van der Waals surface area contributed by atoms with Gasteiger partial charge in [0.25, 0.3) is 0 Å². The van der Waals surface area contributed by atoms with Crippen LogP contribution in [0.15, 0.2) is 12.1 Å². The number of ether oxygens (including phenoxy) is 2.